The highest BCUT2D eigenvalue weighted by molar-refractivity contribution is 7.80. The zero-order chi connectivity index (χ0) is 18.0. The molecule has 2 aromatic rings. The molecule has 0 fully saturated rings. The number of rotatable bonds is 3. The molecule has 25 heavy (non-hydrogen) atoms. The molecule has 0 saturated heterocycles. The van der Waals surface area contributed by atoms with E-state index in [1.54, 1.807) is 7.11 Å². The van der Waals surface area contributed by atoms with Gasteiger partial charge in [0.1, 0.15) is 22.9 Å². The van der Waals surface area contributed by atoms with E-state index >= 15 is 0 Å². The van der Waals surface area contributed by atoms with Gasteiger partial charge in [-0.2, -0.15) is 0 Å². The molecular weight excluding hydrogens is 334 g/mol. The van der Waals surface area contributed by atoms with E-state index in [0.29, 0.717) is 5.11 Å². The molecule has 1 unspecified atom stereocenters. The summed E-state index contributed by atoms with van der Waals surface area (Å²) in [6.07, 6.45) is 2.60. The van der Waals surface area contributed by atoms with Crippen molar-refractivity contribution in [2.24, 2.45) is 0 Å². The van der Waals surface area contributed by atoms with Gasteiger partial charge < -0.3 is 20.1 Å². The minimum atomic E-state index is -0.281. The Balaban J connectivity index is 1.79. The summed E-state index contributed by atoms with van der Waals surface area (Å²) in [6.45, 7) is 6.15. The van der Waals surface area contributed by atoms with Crippen LogP contribution in [-0.4, -0.2) is 22.8 Å². The average Bonchev–Trinajstić information content (AvgIpc) is 2.55. The summed E-state index contributed by atoms with van der Waals surface area (Å²) in [6, 6.07) is 9.78. The van der Waals surface area contributed by atoms with Crippen LogP contribution in [0.15, 0.2) is 36.5 Å². The van der Waals surface area contributed by atoms with Gasteiger partial charge >= 0.3 is 0 Å². The first kappa shape index (κ1) is 17.5. The third-order valence-electron chi connectivity index (χ3n) is 4.13. The van der Waals surface area contributed by atoms with Gasteiger partial charge in [-0.05, 0) is 62.8 Å². The van der Waals surface area contributed by atoms with Crippen LogP contribution in [0.2, 0.25) is 0 Å². The Morgan fingerprint density at radius 2 is 2.12 bits per heavy atom. The highest BCUT2D eigenvalue weighted by Crippen LogP contribution is 2.41. The summed E-state index contributed by atoms with van der Waals surface area (Å²) in [5.41, 5.74) is 1.87. The van der Waals surface area contributed by atoms with E-state index in [-0.39, 0.29) is 11.6 Å². The molecule has 0 spiro atoms. The summed E-state index contributed by atoms with van der Waals surface area (Å²) in [5, 5.41) is 7.07. The predicted octanol–water partition coefficient (Wildman–Crippen LogP) is 3.99. The summed E-state index contributed by atoms with van der Waals surface area (Å²) in [7, 11) is 1.66. The van der Waals surface area contributed by atoms with Crippen molar-refractivity contribution in [3.05, 3.63) is 47.7 Å². The Bertz CT molecular complexity index is 775. The van der Waals surface area contributed by atoms with E-state index in [2.05, 4.69) is 29.5 Å². The number of pyridine rings is 1. The van der Waals surface area contributed by atoms with Gasteiger partial charge in [-0.1, -0.05) is 6.07 Å². The molecule has 1 aliphatic heterocycles. The van der Waals surface area contributed by atoms with Crippen LogP contribution in [0.3, 0.4) is 0 Å². The van der Waals surface area contributed by atoms with Crippen molar-refractivity contribution in [1.29, 1.82) is 0 Å². The van der Waals surface area contributed by atoms with Gasteiger partial charge in [0.25, 0.3) is 0 Å². The molecule has 5 nitrogen and oxygen atoms in total. The van der Waals surface area contributed by atoms with E-state index in [4.69, 9.17) is 21.7 Å². The predicted molar refractivity (Wildman–Crippen MR) is 103 cm³/mol. The van der Waals surface area contributed by atoms with Crippen LogP contribution >= 0.6 is 12.2 Å². The SMILES string of the molecule is COc1ccc2c(c1)C(NC(=S)Nc1ccc(C)cn1)CC(C)(C)O2. The number of hydrogen-bond donors (Lipinski definition) is 2. The number of aromatic nitrogens is 1. The van der Waals surface area contributed by atoms with Gasteiger partial charge in [-0.25, -0.2) is 4.98 Å². The van der Waals surface area contributed by atoms with Crippen molar-refractivity contribution in [2.45, 2.75) is 38.8 Å². The Morgan fingerprint density at radius 1 is 1.32 bits per heavy atom. The van der Waals surface area contributed by atoms with Crippen molar-refractivity contribution in [3.63, 3.8) is 0 Å². The van der Waals surface area contributed by atoms with Crippen LogP contribution in [0.25, 0.3) is 0 Å². The minimum absolute atomic E-state index is 0.0271. The van der Waals surface area contributed by atoms with Gasteiger partial charge in [0.05, 0.1) is 13.2 Å². The van der Waals surface area contributed by atoms with Gasteiger partial charge in [-0.3, -0.25) is 0 Å². The lowest BCUT2D eigenvalue weighted by Crippen LogP contribution is -2.42. The second kappa shape index (κ2) is 6.88. The number of aryl methyl sites for hydroxylation is 1. The molecule has 0 bridgehead atoms. The molecule has 132 valence electrons. The Hall–Kier alpha value is -2.34. The zero-order valence-electron chi connectivity index (χ0n) is 14.9. The number of ether oxygens (including phenoxy) is 2. The maximum absolute atomic E-state index is 6.09. The molecule has 1 aromatic carbocycles. The van der Waals surface area contributed by atoms with E-state index < -0.39 is 0 Å². The van der Waals surface area contributed by atoms with Crippen molar-refractivity contribution >= 4 is 23.1 Å². The fraction of sp³-hybridized carbons (Fsp3) is 0.368. The van der Waals surface area contributed by atoms with Gasteiger partial charge in [0, 0.05) is 18.2 Å². The minimum Gasteiger partial charge on any atom is -0.497 e. The number of fused-ring (bicyclic) bond motifs is 1. The lowest BCUT2D eigenvalue weighted by Gasteiger charge is -2.38. The van der Waals surface area contributed by atoms with Crippen LogP contribution in [0.5, 0.6) is 11.5 Å². The topological polar surface area (TPSA) is 55.4 Å². The summed E-state index contributed by atoms with van der Waals surface area (Å²) in [4.78, 5) is 4.33. The second-order valence-electron chi connectivity index (χ2n) is 6.84. The van der Waals surface area contributed by atoms with Crippen molar-refractivity contribution in [1.82, 2.24) is 10.3 Å². The van der Waals surface area contributed by atoms with Crippen LogP contribution in [0.1, 0.15) is 37.4 Å². The smallest absolute Gasteiger partial charge is 0.172 e. The fourth-order valence-corrected chi connectivity index (χ4v) is 3.19. The van der Waals surface area contributed by atoms with E-state index in [1.165, 1.54) is 0 Å². The molecule has 6 heteroatoms. The lowest BCUT2D eigenvalue weighted by molar-refractivity contribution is 0.0695. The highest BCUT2D eigenvalue weighted by atomic mass is 32.1. The third kappa shape index (κ3) is 4.20. The maximum atomic E-state index is 6.09. The molecule has 0 saturated carbocycles. The molecule has 0 amide bonds. The van der Waals surface area contributed by atoms with Crippen molar-refractivity contribution < 1.29 is 9.47 Å². The first-order valence-electron chi connectivity index (χ1n) is 8.23. The maximum Gasteiger partial charge on any atom is 0.172 e. The molecule has 2 heterocycles. The van der Waals surface area contributed by atoms with Gasteiger partial charge in [0.2, 0.25) is 0 Å². The van der Waals surface area contributed by atoms with Crippen LogP contribution in [0.4, 0.5) is 5.82 Å². The molecular formula is C19H23N3O2S. The van der Waals surface area contributed by atoms with Crippen LogP contribution in [0, 0.1) is 6.92 Å². The average molecular weight is 357 g/mol. The standard InChI is InChI=1S/C19H23N3O2S/c1-12-5-8-17(20-11-12)22-18(25)21-15-10-19(2,3)24-16-7-6-13(23-4)9-14(15)16/h5-9,11,15H,10H2,1-4H3,(H2,20,21,22,25). The van der Waals surface area contributed by atoms with Crippen LogP contribution < -0.4 is 20.1 Å². The van der Waals surface area contributed by atoms with E-state index in [9.17, 15) is 0 Å². The quantitative estimate of drug-likeness (QED) is 0.810. The number of thiocarbonyl (C=S) groups is 1. The van der Waals surface area contributed by atoms with Crippen molar-refractivity contribution in [3.8, 4) is 11.5 Å². The summed E-state index contributed by atoms with van der Waals surface area (Å²) < 4.78 is 11.4. The molecule has 0 aliphatic carbocycles. The molecule has 0 radical (unpaired) electrons. The molecule has 1 atom stereocenters. The molecule has 3 rings (SSSR count). The molecule has 1 aromatic heterocycles. The number of benzene rings is 1. The number of hydrogen-bond acceptors (Lipinski definition) is 4. The normalized spacial score (nSPS) is 17.8. The van der Waals surface area contributed by atoms with E-state index in [1.807, 2.05) is 43.5 Å². The molecule has 2 N–H and O–H groups in total. The summed E-state index contributed by atoms with van der Waals surface area (Å²) >= 11 is 5.48. The Morgan fingerprint density at radius 3 is 2.80 bits per heavy atom. The first-order chi connectivity index (χ1) is 11.9. The number of nitrogens with one attached hydrogen (secondary N) is 2. The molecule has 1 aliphatic rings. The fourth-order valence-electron chi connectivity index (χ4n) is 2.94. The summed E-state index contributed by atoms with van der Waals surface area (Å²) in [5.74, 6) is 2.37. The van der Waals surface area contributed by atoms with Gasteiger partial charge in [-0.15, -0.1) is 0 Å². The van der Waals surface area contributed by atoms with Gasteiger partial charge in [0.15, 0.2) is 5.11 Å². The third-order valence-corrected chi connectivity index (χ3v) is 4.35. The van der Waals surface area contributed by atoms with E-state index in [0.717, 1.165) is 34.9 Å². The lowest BCUT2D eigenvalue weighted by atomic mass is 9.89. The monoisotopic (exact) mass is 357 g/mol. The van der Waals surface area contributed by atoms with Crippen LogP contribution in [-0.2, 0) is 0 Å². The largest absolute Gasteiger partial charge is 0.497 e. The Kier molecular flexibility index (Phi) is 4.81. The number of methoxy groups -OCH3 is 1. The van der Waals surface area contributed by atoms with Crippen molar-refractivity contribution in [2.75, 3.05) is 12.4 Å². The highest BCUT2D eigenvalue weighted by Gasteiger charge is 2.34. The first-order valence-corrected chi connectivity index (χ1v) is 8.64. The Labute approximate surface area is 153 Å². The second-order valence-corrected chi connectivity index (χ2v) is 7.25. The number of nitrogens with zero attached hydrogens (tertiary/aromatic N) is 1. The zero-order valence-corrected chi connectivity index (χ0v) is 15.7. The number of anilines is 1.